The van der Waals surface area contributed by atoms with Crippen molar-refractivity contribution < 1.29 is 4.74 Å². The van der Waals surface area contributed by atoms with Crippen LogP contribution in [-0.4, -0.2) is 6.10 Å². The summed E-state index contributed by atoms with van der Waals surface area (Å²) in [6.07, 6.45) is 12.9. The highest BCUT2D eigenvalue weighted by Crippen LogP contribution is 2.37. The summed E-state index contributed by atoms with van der Waals surface area (Å²) in [5.41, 5.74) is 5.70. The third kappa shape index (κ3) is 3.54. The van der Waals surface area contributed by atoms with Crippen molar-refractivity contribution in [2.75, 3.05) is 0 Å². The van der Waals surface area contributed by atoms with Gasteiger partial charge in [-0.3, -0.25) is 0 Å². The maximum atomic E-state index is 6.48. The van der Waals surface area contributed by atoms with E-state index in [9.17, 15) is 0 Å². The van der Waals surface area contributed by atoms with Gasteiger partial charge in [-0.25, -0.2) is 0 Å². The van der Waals surface area contributed by atoms with E-state index in [1.165, 1.54) is 36.0 Å². The second-order valence-corrected chi connectivity index (χ2v) is 7.49. The Hall–Kier alpha value is -1.50. The van der Waals surface area contributed by atoms with Crippen molar-refractivity contribution in [1.82, 2.24) is 0 Å². The zero-order chi connectivity index (χ0) is 16.4. The Morgan fingerprint density at radius 1 is 1.17 bits per heavy atom. The van der Waals surface area contributed by atoms with E-state index in [1.54, 1.807) is 5.57 Å². The molecule has 0 aromatic heterocycles. The standard InChI is InChI=1S/C22H30O/c1-5-6-8-19-12-20-10-7-9-18-11-15(2)16(3)17(4)23-22(14-19)21(20)13-18/h7,9-10,12,14-17H,5-6,8,11,13H2,1-4H3. The van der Waals surface area contributed by atoms with E-state index in [0.29, 0.717) is 11.8 Å². The Morgan fingerprint density at radius 2 is 2.00 bits per heavy atom. The topological polar surface area (TPSA) is 9.23 Å². The van der Waals surface area contributed by atoms with E-state index >= 15 is 0 Å². The SMILES string of the molecule is CCCCc1cc2c3c(c1)OC(C)C(C)C(C)CC(=CC=C2)C3. The van der Waals surface area contributed by atoms with Crippen molar-refractivity contribution in [1.29, 1.82) is 0 Å². The average molecular weight is 310 g/mol. The van der Waals surface area contributed by atoms with Crippen LogP contribution in [0.3, 0.4) is 0 Å². The van der Waals surface area contributed by atoms with Gasteiger partial charge in [0, 0.05) is 5.56 Å². The Labute approximate surface area is 141 Å². The molecule has 1 aromatic carbocycles. The van der Waals surface area contributed by atoms with Crippen LogP contribution in [0.15, 0.2) is 29.9 Å². The summed E-state index contributed by atoms with van der Waals surface area (Å²) < 4.78 is 6.48. The fourth-order valence-electron chi connectivity index (χ4n) is 3.78. The third-order valence-corrected chi connectivity index (χ3v) is 5.67. The molecule has 0 saturated heterocycles. The van der Waals surface area contributed by atoms with Crippen molar-refractivity contribution in [2.24, 2.45) is 11.8 Å². The van der Waals surface area contributed by atoms with Gasteiger partial charge in [-0.15, -0.1) is 0 Å². The first-order chi connectivity index (χ1) is 11.1. The first-order valence-electron chi connectivity index (χ1n) is 9.27. The summed E-state index contributed by atoms with van der Waals surface area (Å²) in [6.45, 7) is 9.19. The van der Waals surface area contributed by atoms with Crippen LogP contribution in [0.2, 0.25) is 0 Å². The molecule has 3 unspecified atom stereocenters. The maximum Gasteiger partial charge on any atom is 0.124 e. The lowest BCUT2D eigenvalue weighted by Gasteiger charge is -2.26. The monoisotopic (exact) mass is 310 g/mol. The lowest BCUT2D eigenvalue weighted by atomic mass is 9.85. The van der Waals surface area contributed by atoms with E-state index < -0.39 is 0 Å². The van der Waals surface area contributed by atoms with E-state index in [1.807, 2.05) is 0 Å². The lowest BCUT2D eigenvalue weighted by molar-refractivity contribution is 0.128. The lowest BCUT2D eigenvalue weighted by Crippen LogP contribution is -2.26. The van der Waals surface area contributed by atoms with Crippen LogP contribution in [0, 0.1) is 11.8 Å². The van der Waals surface area contributed by atoms with Crippen molar-refractivity contribution >= 4 is 6.08 Å². The number of fused-ring (bicyclic) bond motifs is 1. The highest BCUT2D eigenvalue weighted by molar-refractivity contribution is 5.63. The fourth-order valence-corrected chi connectivity index (χ4v) is 3.78. The number of rotatable bonds is 3. The second-order valence-electron chi connectivity index (χ2n) is 7.49. The summed E-state index contributed by atoms with van der Waals surface area (Å²) in [7, 11) is 0. The van der Waals surface area contributed by atoms with Gasteiger partial charge in [0.05, 0.1) is 6.10 Å². The van der Waals surface area contributed by atoms with Crippen LogP contribution in [0.4, 0.5) is 0 Å². The molecule has 0 fully saturated rings. The Morgan fingerprint density at radius 3 is 2.78 bits per heavy atom. The number of ether oxygens (including phenoxy) is 1. The van der Waals surface area contributed by atoms with E-state index in [2.05, 4.69) is 58.1 Å². The second kappa shape index (κ2) is 6.95. The van der Waals surface area contributed by atoms with Gasteiger partial charge in [-0.2, -0.15) is 0 Å². The molecule has 0 spiro atoms. The predicted octanol–water partition coefficient (Wildman–Crippen LogP) is 5.97. The minimum absolute atomic E-state index is 0.265. The van der Waals surface area contributed by atoms with Gasteiger partial charge in [0.15, 0.2) is 0 Å². The minimum atomic E-state index is 0.265. The quantitative estimate of drug-likeness (QED) is 0.668. The molecule has 2 aliphatic rings. The van der Waals surface area contributed by atoms with E-state index in [4.69, 9.17) is 4.74 Å². The van der Waals surface area contributed by atoms with Gasteiger partial charge in [-0.05, 0) is 61.6 Å². The van der Waals surface area contributed by atoms with Crippen LogP contribution in [0.1, 0.15) is 63.6 Å². The first-order valence-corrected chi connectivity index (χ1v) is 9.27. The molecule has 1 aromatic rings. The number of unbranched alkanes of at least 4 members (excludes halogenated alkanes) is 1. The Kier molecular flexibility index (Phi) is 4.94. The van der Waals surface area contributed by atoms with Crippen molar-refractivity contribution in [3.63, 3.8) is 0 Å². The number of hydrogen-bond acceptors (Lipinski definition) is 1. The summed E-state index contributed by atoms with van der Waals surface area (Å²) >= 11 is 0. The van der Waals surface area contributed by atoms with Crippen molar-refractivity contribution in [3.05, 3.63) is 46.5 Å². The zero-order valence-electron chi connectivity index (χ0n) is 15.1. The van der Waals surface area contributed by atoms with Gasteiger partial charge in [0.25, 0.3) is 0 Å². The molecule has 3 atom stereocenters. The molecule has 0 saturated carbocycles. The highest BCUT2D eigenvalue weighted by atomic mass is 16.5. The molecule has 0 radical (unpaired) electrons. The largest absolute Gasteiger partial charge is 0.490 e. The van der Waals surface area contributed by atoms with Crippen LogP contribution in [-0.2, 0) is 12.8 Å². The van der Waals surface area contributed by atoms with Gasteiger partial charge in [0.1, 0.15) is 5.75 Å². The molecule has 1 aliphatic heterocycles. The van der Waals surface area contributed by atoms with Gasteiger partial charge in [-0.1, -0.05) is 57.1 Å². The van der Waals surface area contributed by atoms with Crippen LogP contribution >= 0.6 is 0 Å². The zero-order valence-corrected chi connectivity index (χ0v) is 15.1. The van der Waals surface area contributed by atoms with E-state index in [-0.39, 0.29) is 6.10 Å². The molecule has 0 amide bonds. The van der Waals surface area contributed by atoms with Crippen LogP contribution < -0.4 is 4.74 Å². The van der Waals surface area contributed by atoms with Crippen molar-refractivity contribution in [2.45, 2.75) is 65.9 Å². The number of aryl methyl sites for hydroxylation is 1. The number of benzene rings is 1. The molecule has 1 heteroatoms. The first kappa shape index (κ1) is 16.4. The molecular weight excluding hydrogens is 280 g/mol. The molecule has 124 valence electrons. The highest BCUT2D eigenvalue weighted by Gasteiger charge is 2.26. The number of hydrogen-bond donors (Lipinski definition) is 0. The van der Waals surface area contributed by atoms with E-state index in [0.717, 1.165) is 18.6 Å². The Balaban J connectivity index is 2.05. The smallest absolute Gasteiger partial charge is 0.124 e. The van der Waals surface area contributed by atoms with Crippen molar-refractivity contribution in [3.8, 4) is 5.75 Å². The summed E-state index contributed by atoms with van der Waals surface area (Å²) in [5.74, 6) is 2.34. The minimum Gasteiger partial charge on any atom is -0.490 e. The molecule has 3 rings (SSSR count). The van der Waals surface area contributed by atoms with Gasteiger partial charge < -0.3 is 4.74 Å². The predicted molar refractivity (Wildman–Crippen MR) is 98.9 cm³/mol. The molecule has 23 heavy (non-hydrogen) atoms. The molecule has 1 heterocycles. The molecular formula is C22H30O. The average Bonchev–Trinajstić information content (AvgIpc) is 2.71. The van der Waals surface area contributed by atoms with Crippen LogP contribution in [0.25, 0.3) is 6.08 Å². The normalized spacial score (nSPS) is 26.4. The summed E-state index contributed by atoms with van der Waals surface area (Å²) in [6, 6.07) is 4.69. The van der Waals surface area contributed by atoms with Crippen LogP contribution in [0.5, 0.6) is 5.75 Å². The van der Waals surface area contributed by atoms with Gasteiger partial charge in [0.2, 0.25) is 0 Å². The maximum absolute atomic E-state index is 6.48. The summed E-state index contributed by atoms with van der Waals surface area (Å²) in [4.78, 5) is 0. The molecule has 2 bridgehead atoms. The number of allylic oxidation sites excluding steroid dienone is 3. The fraction of sp³-hybridized carbons (Fsp3) is 0.545. The Bertz CT molecular complexity index is 623. The molecule has 1 nitrogen and oxygen atoms in total. The summed E-state index contributed by atoms with van der Waals surface area (Å²) in [5, 5.41) is 0. The van der Waals surface area contributed by atoms with Gasteiger partial charge >= 0.3 is 0 Å². The molecule has 0 N–H and O–H groups in total. The third-order valence-electron chi connectivity index (χ3n) is 5.67. The molecule has 1 aliphatic carbocycles.